The summed E-state index contributed by atoms with van der Waals surface area (Å²) >= 11 is 0. The largest absolute Gasteiger partial charge is 0.382 e. The van der Waals surface area contributed by atoms with Crippen LogP contribution in [0.5, 0.6) is 0 Å². The number of nitrogen functional groups attached to an aromatic ring is 1. The Morgan fingerprint density at radius 3 is 2.62 bits per heavy atom. The van der Waals surface area contributed by atoms with Gasteiger partial charge in [0.15, 0.2) is 5.82 Å². The Morgan fingerprint density at radius 2 is 2.00 bits per heavy atom. The van der Waals surface area contributed by atoms with E-state index in [1.807, 2.05) is 6.92 Å². The number of benzene rings is 1. The van der Waals surface area contributed by atoms with E-state index in [4.69, 9.17) is 5.73 Å². The molecule has 2 heterocycles. The molecule has 0 aliphatic heterocycles. The molecule has 0 aliphatic rings. The van der Waals surface area contributed by atoms with Gasteiger partial charge in [-0.05, 0) is 19.1 Å². The number of aromatic nitrogens is 4. The van der Waals surface area contributed by atoms with Gasteiger partial charge < -0.3 is 5.73 Å². The molecule has 0 fully saturated rings. The average Bonchev–Trinajstić information content (AvgIpc) is 2.93. The third-order valence-electron chi connectivity index (χ3n) is 3.28. The molecule has 0 spiro atoms. The van der Waals surface area contributed by atoms with E-state index in [0.717, 1.165) is 17.3 Å². The molecular formula is C14H13F2N5. The summed E-state index contributed by atoms with van der Waals surface area (Å²) in [5.74, 6) is -1.18. The molecule has 108 valence electrons. The molecule has 3 N–H and O–H groups in total. The highest BCUT2D eigenvalue weighted by atomic mass is 19.1. The van der Waals surface area contributed by atoms with E-state index in [1.54, 1.807) is 17.9 Å². The van der Waals surface area contributed by atoms with Crippen LogP contribution >= 0.6 is 0 Å². The molecule has 21 heavy (non-hydrogen) atoms. The average molecular weight is 289 g/mol. The summed E-state index contributed by atoms with van der Waals surface area (Å²) in [5.41, 5.74) is 8.52. The number of H-pyrrole nitrogens is 1. The van der Waals surface area contributed by atoms with Crippen LogP contribution in [0.15, 0.2) is 24.4 Å². The number of rotatable bonds is 2. The normalized spacial score (nSPS) is 11.0. The zero-order valence-electron chi connectivity index (χ0n) is 11.5. The first-order valence-corrected chi connectivity index (χ1v) is 6.27. The molecule has 3 rings (SSSR count). The molecule has 0 saturated carbocycles. The van der Waals surface area contributed by atoms with Crippen LogP contribution < -0.4 is 5.73 Å². The van der Waals surface area contributed by atoms with Crippen LogP contribution in [0.4, 0.5) is 14.6 Å². The van der Waals surface area contributed by atoms with Gasteiger partial charge in [-0.15, -0.1) is 0 Å². The second-order valence-electron chi connectivity index (χ2n) is 4.78. The Morgan fingerprint density at radius 1 is 1.24 bits per heavy atom. The van der Waals surface area contributed by atoms with Gasteiger partial charge in [0.05, 0.1) is 17.0 Å². The number of hydrogen-bond donors (Lipinski definition) is 2. The van der Waals surface area contributed by atoms with E-state index in [-0.39, 0.29) is 11.4 Å². The molecule has 7 heteroatoms. The van der Waals surface area contributed by atoms with Crippen molar-refractivity contribution in [3.05, 3.63) is 41.7 Å². The van der Waals surface area contributed by atoms with Gasteiger partial charge in [0, 0.05) is 30.4 Å². The van der Waals surface area contributed by atoms with Gasteiger partial charge in [-0.2, -0.15) is 10.2 Å². The number of anilines is 1. The summed E-state index contributed by atoms with van der Waals surface area (Å²) in [4.78, 5) is 0. The summed E-state index contributed by atoms with van der Waals surface area (Å²) in [6, 6.07) is 3.35. The minimum absolute atomic E-state index is 0.152. The lowest BCUT2D eigenvalue weighted by molar-refractivity contribution is 0.585. The lowest BCUT2D eigenvalue weighted by atomic mass is 10.0. The second kappa shape index (κ2) is 4.69. The van der Waals surface area contributed by atoms with Gasteiger partial charge in [0.2, 0.25) is 0 Å². The quantitative estimate of drug-likeness (QED) is 0.761. The Kier molecular flexibility index (Phi) is 2.97. The third kappa shape index (κ3) is 2.16. The highest BCUT2D eigenvalue weighted by molar-refractivity contribution is 5.88. The zero-order valence-corrected chi connectivity index (χ0v) is 11.5. The fourth-order valence-corrected chi connectivity index (χ4v) is 2.36. The maximum absolute atomic E-state index is 14.0. The standard InChI is InChI=1S/C14H13F2N5/c1-7-10(6-21(2)20-7)13-12(14(17)19-18-13)9-4-3-8(15)5-11(9)16/h3-6H,1-2H3,(H3,17,18,19). The summed E-state index contributed by atoms with van der Waals surface area (Å²) in [6.07, 6.45) is 1.78. The van der Waals surface area contributed by atoms with Crippen LogP contribution in [-0.2, 0) is 7.05 Å². The van der Waals surface area contributed by atoms with Crippen molar-refractivity contribution in [1.29, 1.82) is 0 Å². The Balaban J connectivity index is 2.24. The van der Waals surface area contributed by atoms with Crippen LogP contribution in [0.2, 0.25) is 0 Å². The van der Waals surface area contributed by atoms with Crippen molar-refractivity contribution in [3.8, 4) is 22.4 Å². The topological polar surface area (TPSA) is 72.5 Å². The van der Waals surface area contributed by atoms with Gasteiger partial charge in [-0.1, -0.05) is 0 Å². The maximum atomic E-state index is 14.0. The van der Waals surface area contributed by atoms with Crippen molar-refractivity contribution in [2.75, 3.05) is 5.73 Å². The molecule has 0 amide bonds. The fraction of sp³-hybridized carbons (Fsp3) is 0.143. The number of halogens is 2. The zero-order chi connectivity index (χ0) is 15.1. The van der Waals surface area contributed by atoms with Gasteiger partial charge in [0.25, 0.3) is 0 Å². The molecule has 0 radical (unpaired) electrons. The third-order valence-corrected chi connectivity index (χ3v) is 3.28. The van der Waals surface area contributed by atoms with Crippen molar-refractivity contribution >= 4 is 5.82 Å². The van der Waals surface area contributed by atoms with E-state index in [9.17, 15) is 8.78 Å². The second-order valence-corrected chi connectivity index (χ2v) is 4.78. The molecule has 0 atom stereocenters. The summed E-state index contributed by atoms with van der Waals surface area (Å²) in [5, 5.41) is 11.0. The molecule has 1 aromatic carbocycles. The van der Waals surface area contributed by atoms with Gasteiger partial charge in [-0.3, -0.25) is 9.78 Å². The monoisotopic (exact) mass is 289 g/mol. The molecule has 0 saturated heterocycles. The van der Waals surface area contributed by atoms with E-state index >= 15 is 0 Å². The van der Waals surface area contributed by atoms with Crippen LogP contribution in [0.3, 0.4) is 0 Å². The van der Waals surface area contributed by atoms with Crippen molar-refractivity contribution in [1.82, 2.24) is 20.0 Å². The highest BCUT2D eigenvalue weighted by Gasteiger charge is 2.20. The first-order valence-electron chi connectivity index (χ1n) is 6.27. The van der Waals surface area contributed by atoms with Crippen LogP contribution in [0.25, 0.3) is 22.4 Å². The molecule has 0 bridgehead atoms. The number of nitrogens with two attached hydrogens (primary N) is 1. The van der Waals surface area contributed by atoms with E-state index < -0.39 is 11.6 Å². The van der Waals surface area contributed by atoms with Crippen LogP contribution in [0.1, 0.15) is 5.69 Å². The summed E-state index contributed by atoms with van der Waals surface area (Å²) in [6.45, 7) is 1.83. The maximum Gasteiger partial charge on any atom is 0.153 e. The lowest BCUT2D eigenvalue weighted by Crippen LogP contribution is -1.92. The van der Waals surface area contributed by atoms with E-state index in [2.05, 4.69) is 15.3 Å². The molecule has 2 aromatic heterocycles. The van der Waals surface area contributed by atoms with Gasteiger partial charge >= 0.3 is 0 Å². The number of hydrogen-bond acceptors (Lipinski definition) is 3. The van der Waals surface area contributed by atoms with E-state index in [0.29, 0.717) is 11.3 Å². The molecule has 3 aromatic rings. The molecule has 0 unspecified atom stereocenters. The number of aryl methyl sites for hydroxylation is 2. The lowest BCUT2D eigenvalue weighted by Gasteiger charge is -2.05. The van der Waals surface area contributed by atoms with Crippen molar-refractivity contribution in [3.63, 3.8) is 0 Å². The Bertz CT molecular complexity index is 819. The van der Waals surface area contributed by atoms with Crippen molar-refractivity contribution in [2.24, 2.45) is 7.05 Å². The first-order chi connectivity index (χ1) is 9.97. The first kappa shape index (κ1) is 13.3. The van der Waals surface area contributed by atoms with Crippen LogP contribution in [-0.4, -0.2) is 20.0 Å². The highest BCUT2D eigenvalue weighted by Crippen LogP contribution is 2.37. The number of aromatic amines is 1. The number of nitrogens with zero attached hydrogens (tertiary/aromatic N) is 3. The summed E-state index contributed by atoms with van der Waals surface area (Å²) in [7, 11) is 1.79. The van der Waals surface area contributed by atoms with Crippen molar-refractivity contribution < 1.29 is 8.78 Å². The minimum Gasteiger partial charge on any atom is -0.382 e. The van der Waals surface area contributed by atoms with Crippen LogP contribution in [0, 0.1) is 18.6 Å². The van der Waals surface area contributed by atoms with Gasteiger partial charge in [-0.25, -0.2) is 8.78 Å². The smallest absolute Gasteiger partial charge is 0.153 e. The Labute approximate surface area is 119 Å². The SMILES string of the molecule is Cc1nn(C)cc1-c1[nH]nc(N)c1-c1ccc(F)cc1F. The fourth-order valence-electron chi connectivity index (χ4n) is 2.36. The van der Waals surface area contributed by atoms with Gasteiger partial charge in [0.1, 0.15) is 11.6 Å². The molecular weight excluding hydrogens is 276 g/mol. The Hall–Kier alpha value is -2.70. The predicted molar refractivity (Wildman–Crippen MR) is 75.3 cm³/mol. The summed E-state index contributed by atoms with van der Waals surface area (Å²) < 4.78 is 28.8. The molecule has 5 nitrogen and oxygen atoms in total. The molecule has 0 aliphatic carbocycles. The predicted octanol–water partition coefficient (Wildman–Crippen LogP) is 2.65. The minimum atomic E-state index is -0.689. The van der Waals surface area contributed by atoms with E-state index in [1.165, 1.54) is 12.1 Å². The number of nitrogens with one attached hydrogen (secondary N) is 1. The van der Waals surface area contributed by atoms with Crippen molar-refractivity contribution in [2.45, 2.75) is 6.92 Å².